The van der Waals surface area contributed by atoms with E-state index in [2.05, 4.69) is 53.4 Å². The van der Waals surface area contributed by atoms with Gasteiger partial charge in [0.25, 0.3) is 0 Å². The van der Waals surface area contributed by atoms with Crippen LogP contribution in [0.1, 0.15) is 44.9 Å². The third-order valence-corrected chi connectivity index (χ3v) is 5.23. The maximum absolute atomic E-state index is 9.10. The van der Waals surface area contributed by atoms with Crippen molar-refractivity contribution in [1.29, 1.82) is 0 Å². The molecule has 0 amide bonds. The van der Waals surface area contributed by atoms with Gasteiger partial charge in [-0.15, -0.1) is 0 Å². The molecule has 2 aromatic carbocycles. The normalized spacial score (nSPS) is 13.7. The number of carbonyl (C=O) groups is 2. The number of likely N-dealkylation sites (tertiary alicyclic amines) is 1. The van der Waals surface area contributed by atoms with Gasteiger partial charge in [0.2, 0.25) is 0 Å². The van der Waals surface area contributed by atoms with Crippen LogP contribution in [-0.2, 0) is 9.59 Å². The topological polar surface area (TPSA) is 87.1 Å². The van der Waals surface area contributed by atoms with Crippen LogP contribution in [0.2, 0.25) is 0 Å². The van der Waals surface area contributed by atoms with Crippen LogP contribution in [-0.4, -0.2) is 53.3 Å². The smallest absolute Gasteiger partial charge is 0.414 e. The Hall–Kier alpha value is -2.86. The van der Waals surface area contributed by atoms with E-state index in [9.17, 15) is 0 Å². The lowest BCUT2D eigenvalue weighted by Crippen LogP contribution is -2.30. The summed E-state index contributed by atoms with van der Waals surface area (Å²) in [5, 5.41) is 14.8. The van der Waals surface area contributed by atoms with Crippen molar-refractivity contribution in [3.05, 3.63) is 54.6 Å². The highest BCUT2D eigenvalue weighted by atomic mass is 16.5. The first-order chi connectivity index (χ1) is 15.1. The van der Waals surface area contributed by atoms with Crippen molar-refractivity contribution < 1.29 is 24.5 Å². The van der Waals surface area contributed by atoms with Gasteiger partial charge >= 0.3 is 11.9 Å². The predicted octanol–water partition coefficient (Wildman–Crippen LogP) is 4.93. The van der Waals surface area contributed by atoms with Crippen molar-refractivity contribution in [2.75, 3.05) is 26.2 Å². The molecule has 0 aliphatic carbocycles. The molecule has 0 bridgehead atoms. The number of ether oxygens (including phenoxy) is 1. The molecular formula is C25H33NO5. The maximum Gasteiger partial charge on any atom is 0.414 e. The van der Waals surface area contributed by atoms with Crippen molar-refractivity contribution in [2.24, 2.45) is 0 Å². The zero-order valence-electron chi connectivity index (χ0n) is 18.0. The van der Waals surface area contributed by atoms with E-state index in [1.54, 1.807) is 0 Å². The largest absolute Gasteiger partial charge is 0.494 e. The Kier molecular flexibility index (Phi) is 11.2. The number of unbranched alkanes of at least 4 members (excludes halogenated alkanes) is 3. The molecular weight excluding hydrogens is 394 g/mol. The van der Waals surface area contributed by atoms with Gasteiger partial charge in [-0.1, -0.05) is 61.7 Å². The Balaban J connectivity index is 0.000000501. The zero-order chi connectivity index (χ0) is 22.3. The molecule has 1 aliphatic rings. The van der Waals surface area contributed by atoms with E-state index in [-0.39, 0.29) is 0 Å². The summed E-state index contributed by atoms with van der Waals surface area (Å²) in [6.07, 6.45) is 9.32. The van der Waals surface area contributed by atoms with Crippen molar-refractivity contribution >= 4 is 11.9 Å². The van der Waals surface area contributed by atoms with E-state index in [0.717, 1.165) is 18.8 Å². The molecule has 6 nitrogen and oxygen atoms in total. The molecule has 0 saturated carbocycles. The number of hydrogen-bond acceptors (Lipinski definition) is 4. The van der Waals surface area contributed by atoms with Crippen LogP contribution in [0.3, 0.4) is 0 Å². The molecule has 0 spiro atoms. The SMILES string of the molecule is O=C(O)C(=O)O.c1ccc(-c2ccc(OCCCCCCN3CCCCC3)cc2)cc1. The fourth-order valence-corrected chi connectivity index (χ4v) is 3.54. The zero-order valence-corrected chi connectivity index (χ0v) is 18.0. The number of hydrogen-bond donors (Lipinski definition) is 2. The summed E-state index contributed by atoms with van der Waals surface area (Å²) in [6, 6.07) is 18.9. The highest BCUT2D eigenvalue weighted by molar-refractivity contribution is 6.27. The maximum atomic E-state index is 9.10. The van der Waals surface area contributed by atoms with E-state index < -0.39 is 11.9 Å². The molecule has 3 rings (SSSR count). The van der Waals surface area contributed by atoms with E-state index in [1.807, 2.05) is 6.07 Å². The summed E-state index contributed by atoms with van der Waals surface area (Å²) in [6.45, 7) is 4.76. The van der Waals surface area contributed by atoms with E-state index in [4.69, 9.17) is 24.5 Å². The molecule has 1 heterocycles. The van der Waals surface area contributed by atoms with Gasteiger partial charge in [0.15, 0.2) is 0 Å². The molecule has 2 N–H and O–H groups in total. The van der Waals surface area contributed by atoms with E-state index in [0.29, 0.717) is 0 Å². The Morgan fingerprint density at radius 1 is 0.742 bits per heavy atom. The van der Waals surface area contributed by atoms with Crippen molar-refractivity contribution in [3.8, 4) is 16.9 Å². The minimum atomic E-state index is -1.82. The second-order valence-electron chi connectivity index (χ2n) is 7.67. The first-order valence-corrected chi connectivity index (χ1v) is 11.0. The minimum Gasteiger partial charge on any atom is -0.494 e. The summed E-state index contributed by atoms with van der Waals surface area (Å²) in [5.41, 5.74) is 2.49. The quantitative estimate of drug-likeness (QED) is 0.436. The van der Waals surface area contributed by atoms with Crippen LogP contribution in [0, 0.1) is 0 Å². The Morgan fingerprint density at radius 2 is 1.32 bits per heavy atom. The average molecular weight is 428 g/mol. The lowest BCUT2D eigenvalue weighted by molar-refractivity contribution is -0.159. The van der Waals surface area contributed by atoms with Crippen molar-refractivity contribution in [2.45, 2.75) is 44.9 Å². The number of benzene rings is 2. The molecule has 0 unspecified atom stereocenters. The molecule has 6 heteroatoms. The number of nitrogens with zero attached hydrogens (tertiary/aromatic N) is 1. The van der Waals surface area contributed by atoms with Gasteiger partial charge in [-0.25, -0.2) is 9.59 Å². The molecule has 0 atom stereocenters. The first-order valence-electron chi connectivity index (χ1n) is 11.0. The van der Waals surface area contributed by atoms with E-state index >= 15 is 0 Å². The van der Waals surface area contributed by atoms with Crippen LogP contribution in [0.4, 0.5) is 0 Å². The lowest BCUT2D eigenvalue weighted by Gasteiger charge is -2.26. The molecule has 0 radical (unpaired) electrons. The number of piperidine rings is 1. The number of carboxylic acid groups (broad SMARTS) is 2. The average Bonchev–Trinajstić information content (AvgIpc) is 2.80. The van der Waals surface area contributed by atoms with Gasteiger partial charge in [0.05, 0.1) is 6.61 Å². The minimum absolute atomic E-state index is 0.828. The van der Waals surface area contributed by atoms with Crippen LogP contribution in [0.5, 0.6) is 5.75 Å². The standard InChI is InChI=1S/C23H31NO.C2H2O4/c1(7-17-24-18-8-4-9-19-24)2-10-20-25-23-15-13-22(14-16-23)21-11-5-3-6-12-21;3-1(4)2(5)6/h3,5-6,11-16H,1-2,4,7-10,17-20H2;(H,3,4)(H,5,6). The molecule has 1 saturated heterocycles. The van der Waals surface area contributed by atoms with Gasteiger partial charge in [0, 0.05) is 0 Å². The Bertz CT molecular complexity index is 758. The number of carboxylic acids is 2. The summed E-state index contributed by atoms with van der Waals surface area (Å²) in [4.78, 5) is 20.8. The fourth-order valence-electron chi connectivity index (χ4n) is 3.54. The third kappa shape index (κ3) is 10.1. The number of rotatable bonds is 9. The van der Waals surface area contributed by atoms with Crippen LogP contribution < -0.4 is 4.74 Å². The van der Waals surface area contributed by atoms with Gasteiger partial charge in [-0.3, -0.25) is 0 Å². The third-order valence-electron chi connectivity index (χ3n) is 5.23. The van der Waals surface area contributed by atoms with E-state index in [1.165, 1.54) is 69.3 Å². The van der Waals surface area contributed by atoms with Gasteiger partial charge in [0.1, 0.15) is 5.75 Å². The highest BCUT2D eigenvalue weighted by Crippen LogP contribution is 2.22. The fraction of sp³-hybridized carbons (Fsp3) is 0.440. The monoisotopic (exact) mass is 427 g/mol. The highest BCUT2D eigenvalue weighted by Gasteiger charge is 2.08. The second kappa shape index (κ2) is 14.2. The van der Waals surface area contributed by atoms with Crippen LogP contribution in [0.25, 0.3) is 11.1 Å². The molecule has 31 heavy (non-hydrogen) atoms. The summed E-state index contributed by atoms with van der Waals surface area (Å²) >= 11 is 0. The van der Waals surface area contributed by atoms with Gasteiger partial charge in [-0.2, -0.15) is 0 Å². The summed E-state index contributed by atoms with van der Waals surface area (Å²) < 4.78 is 5.88. The van der Waals surface area contributed by atoms with Gasteiger partial charge in [-0.05, 0) is 68.6 Å². The Morgan fingerprint density at radius 3 is 1.94 bits per heavy atom. The molecule has 0 aromatic heterocycles. The number of aliphatic carboxylic acids is 2. The van der Waals surface area contributed by atoms with Crippen LogP contribution >= 0.6 is 0 Å². The van der Waals surface area contributed by atoms with Crippen molar-refractivity contribution in [3.63, 3.8) is 0 Å². The summed E-state index contributed by atoms with van der Waals surface area (Å²) in [7, 11) is 0. The second-order valence-corrected chi connectivity index (χ2v) is 7.67. The Labute approximate surface area is 184 Å². The lowest BCUT2D eigenvalue weighted by atomic mass is 10.1. The predicted molar refractivity (Wildman–Crippen MR) is 121 cm³/mol. The summed E-state index contributed by atoms with van der Waals surface area (Å²) in [5.74, 6) is -2.67. The molecule has 2 aromatic rings. The first kappa shape index (κ1) is 24.4. The molecule has 1 aliphatic heterocycles. The molecule has 168 valence electrons. The van der Waals surface area contributed by atoms with Crippen molar-refractivity contribution in [1.82, 2.24) is 4.90 Å². The molecule has 1 fully saturated rings. The van der Waals surface area contributed by atoms with Gasteiger partial charge < -0.3 is 19.8 Å². The van der Waals surface area contributed by atoms with Crippen LogP contribution in [0.15, 0.2) is 54.6 Å².